The van der Waals surface area contributed by atoms with Crippen molar-refractivity contribution in [2.24, 2.45) is 0 Å². The highest BCUT2D eigenvalue weighted by molar-refractivity contribution is 7.99. The predicted octanol–water partition coefficient (Wildman–Crippen LogP) is 3.35. The van der Waals surface area contributed by atoms with Crippen molar-refractivity contribution in [3.8, 4) is 0 Å². The van der Waals surface area contributed by atoms with Gasteiger partial charge in [0.15, 0.2) is 0 Å². The van der Waals surface area contributed by atoms with Crippen molar-refractivity contribution in [2.75, 3.05) is 5.75 Å². The summed E-state index contributed by atoms with van der Waals surface area (Å²) in [5, 5.41) is 1.02. The van der Waals surface area contributed by atoms with E-state index in [9.17, 15) is 4.79 Å². The van der Waals surface area contributed by atoms with Gasteiger partial charge in [-0.15, -0.1) is 11.8 Å². The van der Waals surface area contributed by atoms with Crippen molar-refractivity contribution in [1.82, 2.24) is 9.55 Å². The lowest BCUT2D eigenvalue weighted by Gasteiger charge is -2.19. The molecule has 0 aliphatic heterocycles. The first-order valence-corrected chi connectivity index (χ1v) is 8.57. The maximum atomic E-state index is 12.4. The second-order valence-electron chi connectivity index (χ2n) is 5.64. The summed E-state index contributed by atoms with van der Waals surface area (Å²) < 4.78 is 2.05. The van der Waals surface area contributed by atoms with E-state index in [4.69, 9.17) is 0 Å². The largest absolute Gasteiger partial charge is 0.349 e. The van der Waals surface area contributed by atoms with Gasteiger partial charge in [-0.1, -0.05) is 19.8 Å². The first-order chi connectivity index (χ1) is 9.31. The van der Waals surface area contributed by atoms with Crippen molar-refractivity contribution in [3.63, 3.8) is 0 Å². The Kier molecular flexibility index (Phi) is 3.96. The minimum Gasteiger partial charge on any atom is -0.293 e. The van der Waals surface area contributed by atoms with Crippen LogP contribution in [-0.2, 0) is 12.8 Å². The molecule has 19 heavy (non-hydrogen) atoms. The standard InChI is InChI=1S/C15H22N2OS/c1-2-10-19-14-12-8-5-9-13(12)17(15(18)16-14)11-6-3-4-7-11/h11H,2-10H2,1H3. The molecule has 1 aromatic rings. The Balaban J connectivity index is 2.02. The van der Waals surface area contributed by atoms with E-state index in [-0.39, 0.29) is 5.69 Å². The van der Waals surface area contributed by atoms with Gasteiger partial charge in [-0.3, -0.25) is 4.57 Å². The number of hydrogen-bond donors (Lipinski definition) is 0. The van der Waals surface area contributed by atoms with Crippen LogP contribution in [0.2, 0.25) is 0 Å². The summed E-state index contributed by atoms with van der Waals surface area (Å²) in [6.45, 7) is 2.17. The molecule has 3 nitrogen and oxygen atoms in total. The summed E-state index contributed by atoms with van der Waals surface area (Å²) in [6.07, 6.45) is 9.35. The lowest BCUT2D eigenvalue weighted by atomic mass is 10.2. The van der Waals surface area contributed by atoms with Crippen LogP contribution in [0.25, 0.3) is 0 Å². The zero-order chi connectivity index (χ0) is 13.2. The Morgan fingerprint density at radius 1 is 1.26 bits per heavy atom. The van der Waals surface area contributed by atoms with E-state index >= 15 is 0 Å². The van der Waals surface area contributed by atoms with Gasteiger partial charge >= 0.3 is 5.69 Å². The smallest absolute Gasteiger partial charge is 0.293 e. The first kappa shape index (κ1) is 13.2. The van der Waals surface area contributed by atoms with Crippen LogP contribution in [0, 0.1) is 0 Å². The Labute approximate surface area is 118 Å². The number of aromatic nitrogens is 2. The molecule has 0 atom stereocenters. The molecular formula is C15H22N2OS. The maximum absolute atomic E-state index is 12.4. The van der Waals surface area contributed by atoms with Gasteiger partial charge in [0.05, 0.1) is 0 Å². The molecule has 0 amide bonds. The number of thioether (sulfide) groups is 1. The summed E-state index contributed by atoms with van der Waals surface area (Å²) >= 11 is 1.77. The molecule has 1 aromatic heterocycles. The summed E-state index contributed by atoms with van der Waals surface area (Å²) in [5.41, 5.74) is 2.70. The molecule has 3 rings (SSSR count). The summed E-state index contributed by atoms with van der Waals surface area (Å²) in [5.74, 6) is 1.06. The number of nitrogens with zero attached hydrogens (tertiary/aromatic N) is 2. The van der Waals surface area contributed by atoms with Crippen molar-refractivity contribution in [2.45, 2.75) is 69.4 Å². The fourth-order valence-electron chi connectivity index (χ4n) is 3.40. The molecule has 0 saturated heterocycles. The molecular weight excluding hydrogens is 256 g/mol. The van der Waals surface area contributed by atoms with E-state index in [0.29, 0.717) is 6.04 Å². The van der Waals surface area contributed by atoms with Gasteiger partial charge < -0.3 is 0 Å². The maximum Gasteiger partial charge on any atom is 0.349 e. The highest BCUT2D eigenvalue weighted by atomic mass is 32.2. The second kappa shape index (κ2) is 5.70. The Hall–Kier alpha value is -0.770. The Bertz CT molecular complexity index is 518. The van der Waals surface area contributed by atoms with Gasteiger partial charge in [-0.2, -0.15) is 4.98 Å². The van der Waals surface area contributed by atoms with E-state index in [1.165, 1.54) is 30.5 Å². The predicted molar refractivity (Wildman–Crippen MR) is 79.0 cm³/mol. The molecule has 0 bridgehead atoms. The zero-order valence-electron chi connectivity index (χ0n) is 11.7. The lowest BCUT2D eigenvalue weighted by molar-refractivity contribution is 0.471. The Morgan fingerprint density at radius 3 is 2.79 bits per heavy atom. The highest BCUT2D eigenvalue weighted by Gasteiger charge is 2.27. The van der Waals surface area contributed by atoms with Gasteiger partial charge in [0.2, 0.25) is 0 Å². The molecule has 1 fully saturated rings. The number of fused-ring (bicyclic) bond motifs is 1. The molecule has 2 aliphatic rings. The lowest BCUT2D eigenvalue weighted by Crippen LogP contribution is -2.29. The third-order valence-corrected chi connectivity index (χ3v) is 5.50. The number of hydrogen-bond acceptors (Lipinski definition) is 3. The van der Waals surface area contributed by atoms with E-state index < -0.39 is 0 Å². The molecule has 2 aliphatic carbocycles. The van der Waals surface area contributed by atoms with Crippen LogP contribution in [-0.4, -0.2) is 15.3 Å². The molecule has 1 heterocycles. The van der Waals surface area contributed by atoms with E-state index in [1.807, 2.05) is 4.57 Å². The topological polar surface area (TPSA) is 34.9 Å². The zero-order valence-corrected chi connectivity index (χ0v) is 12.5. The SMILES string of the molecule is CCCSc1nc(=O)n(C2CCCC2)c2c1CCC2. The Morgan fingerprint density at radius 2 is 2.05 bits per heavy atom. The van der Waals surface area contributed by atoms with Crippen molar-refractivity contribution in [3.05, 3.63) is 21.7 Å². The van der Waals surface area contributed by atoms with Crippen LogP contribution in [0.3, 0.4) is 0 Å². The third-order valence-electron chi connectivity index (χ3n) is 4.27. The fraction of sp³-hybridized carbons (Fsp3) is 0.733. The summed E-state index contributed by atoms with van der Waals surface area (Å²) in [4.78, 5) is 16.8. The molecule has 0 spiro atoms. The van der Waals surface area contributed by atoms with Gasteiger partial charge in [-0.05, 0) is 44.3 Å². The van der Waals surface area contributed by atoms with Gasteiger partial charge in [-0.25, -0.2) is 4.79 Å². The molecule has 0 radical (unpaired) electrons. The van der Waals surface area contributed by atoms with E-state index in [0.717, 1.165) is 42.9 Å². The molecule has 4 heteroatoms. The summed E-state index contributed by atoms with van der Waals surface area (Å²) in [7, 11) is 0. The molecule has 1 saturated carbocycles. The second-order valence-corrected chi connectivity index (χ2v) is 6.72. The normalized spacial score (nSPS) is 19.0. The summed E-state index contributed by atoms with van der Waals surface area (Å²) in [6, 6.07) is 0.428. The van der Waals surface area contributed by atoms with E-state index in [2.05, 4.69) is 11.9 Å². The van der Waals surface area contributed by atoms with Crippen molar-refractivity contribution < 1.29 is 0 Å². The first-order valence-electron chi connectivity index (χ1n) is 7.58. The highest BCUT2D eigenvalue weighted by Crippen LogP contribution is 2.35. The average molecular weight is 278 g/mol. The van der Waals surface area contributed by atoms with Crippen LogP contribution in [0.5, 0.6) is 0 Å². The van der Waals surface area contributed by atoms with Crippen LogP contribution >= 0.6 is 11.8 Å². The molecule has 104 valence electrons. The van der Waals surface area contributed by atoms with E-state index in [1.54, 1.807) is 11.8 Å². The monoisotopic (exact) mass is 278 g/mol. The van der Waals surface area contributed by atoms with Crippen LogP contribution in [0.4, 0.5) is 0 Å². The quantitative estimate of drug-likeness (QED) is 0.626. The molecule has 0 N–H and O–H groups in total. The minimum absolute atomic E-state index is 0.00570. The molecule has 0 aromatic carbocycles. The van der Waals surface area contributed by atoms with Crippen LogP contribution in [0.1, 0.15) is 62.7 Å². The van der Waals surface area contributed by atoms with Gasteiger partial charge in [0.1, 0.15) is 5.03 Å². The van der Waals surface area contributed by atoms with Crippen LogP contribution in [0.15, 0.2) is 9.82 Å². The van der Waals surface area contributed by atoms with Crippen molar-refractivity contribution in [1.29, 1.82) is 0 Å². The van der Waals surface area contributed by atoms with Gasteiger partial charge in [0.25, 0.3) is 0 Å². The molecule has 0 unspecified atom stereocenters. The van der Waals surface area contributed by atoms with Crippen molar-refractivity contribution >= 4 is 11.8 Å². The number of rotatable bonds is 4. The van der Waals surface area contributed by atoms with Crippen LogP contribution < -0.4 is 5.69 Å². The van der Waals surface area contributed by atoms with Gasteiger partial charge in [0, 0.05) is 17.3 Å². The minimum atomic E-state index is 0.00570. The fourth-order valence-corrected chi connectivity index (χ4v) is 4.34. The average Bonchev–Trinajstić information content (AvgIpc) is 3.06. The third kappa shape index (κ3) is 2.47.